The van der Waals surface area contributed by atoms with E-state index in [9.17, 15) is 9.90 Å². The second-order valence-electron chi connectivity index (χ2n) is 2.49. The molecular formula is C9H9ClO2. The first-order valence-electron chi connectivity index (χ1n) is 3.61. The molecule has 0 saturated heterocycles. The Morgan fingerprint density at radius 3 is 2.50 bits per heavy atom. The number of hydrogen-bond donors (Lipinski definition) is 1. The first-order chi connectivity index (χ1) is 5.70. The van der Waals surface area contributed by atoms with E-state index in [-0.39, 0.29) is 6.42 Å². The lowest BCUT2D eigenvalue weighted by Gasteiger charge is -2.06. The smallest absolute Gasteiger partial charge is 0.224 e. The lowest BCUT2D eigenvalue weighted by Crippen LogP contribution is -2.00. The van der Waals surface area contributed by atoms with Gasteiger partial charge in [0, 0.05) is 0 Å². The number of carbonyl (C=O) groups is 1. The molecule has 0 fully saturated rings. The Morgan fingerprint density at radius 1 is 1.42 bits per heavy atom. The topological polar surface area (TPSA) is 37.3 Å². The van der Waals surface area contributed by atoms with Gasteiger partial charge in [-0.25, -0.2) is 0 Å². The number of aliphatic hydroxyl groups excluding tert-OH is 1. The van der Waals surface area contributed by atoms with Gasteiger partial charge < -0.3 is 5.11 Å². The average molecular weight is 185 g/mol. The Labute approximate surface area is 75.8 Å². The fourth-order valence-corrected chi connectivity index (χ4v) is 1.09. The normalized spacial score (nSPS) is 12.5. The Balaban J connectivity index is 2.65. The summed E-state index contributed by atoms with van der Waals surface area (Å²) in [6.45, 7) is 0. The first kappa shape index (κ1) is 9.23. The molecule has 0 saturated carbocycles. The lowest BCUT2D eigenvalue weighted by molar-refractivity contribution is -0.113. The monoisotopic (exact) mass is 184 g/mol. The highest BCUT2D eigenvalue weighted by Gasteiger charge is 2.09. The Kier molecular flexibility index (Phi) is 3.26. The van der Waals surface area contributed by atoms with Crippen molar-refractivity contribution in [3.63, 3.8) is 0 Å². The average Bonchev–Trinajstić information content (AvgIpc) is 2.05. The van der Waals surface area contributed by atoms with Crippen LogP contribution in [0.5, 0.6) is 0 Å². The van der Waals surface area contributed by atoms with Gasteiger partial charge in [-0.15, -0.1) is 0 Å². The van der Waals surface area contributed by atoms with Crippen LogP contribution in [0.1, 0.15) is 18.1 Å². The maximum atomic E-state index is 10.4. The van der Waals surface area contributed by atoms with Crippen molar-refractivity contribution < 1.29 is 9.90 Å². The summed E-state index contributed by atoms with van der Waals surface area (Å²) in [7, 11) is 0. The summed E-state index contributed by atoms with van der Waals surface area (Å²) in [5.74, 6) is 0. The van der Waals surface area contributed by atoms with Gasteiger partial charge in [0.15, 0.2) is 0 Å². The molecule has 0 amide bonds. The number of rotatable bonds is 3. The third-order valence-corrected chi connectivity index (χ3v) is 1.69. The molecule has 0 aliphatic heterocycles. The van der Waals surface area contributed by atoms with Gasteiger partial charge >= 0.3 is 0 Å². The molecule has 0 aliphatic rings. The maximum Gasteiger partial charge on any atom is 0.224 e. The zero-order valence-corrected chi connectivity index (χ0v) is 7.16. The standard InChI is InChI=1S/C9H9ClO2/c10-9(12)6-8(11)7-4-2-1-3-5-7/h1-5,8,11H,6H2. The molecule has 1 rings (SSSR count). The van der Waals surface area contributed by atoms with E-state index in [0.29, 0.717) is 5.56 Å². The predicted octanol–water partition coefficient (Wildman–Crippen LogP) is 1.88. The minimum absolute atomic E-state index is 0.0361. The number of aliphatic hydroxyl groups is 1. The number of benzene rings is 1. The summed E-state index contributed by atoms with van der Waals surface area (Å²) in [6, 6.07) is 8.96. The fraction of sp³-hybridized carbons (Fsp3) is 0.222. The van der Waals surface area contributed by atoms with E-state index >= 15 is 0 Å². The summed E-state index contributed by atoms with van der Waals surface area (Å²) < 4.78 is 0. The first-order valence-corrected chi connectivity index (χ1v) is 3.99. The molecule has 1 atom stereocenters. The molecule has 0 spiro atoms. The van der Waals surface area contributed by atoms with E-state index in [1.807, 2.05) is 6.07 Å². The van der Waals surface area contributed by atoms with Gasteiger partial charge in [-0.1, -0.05) is 30.3 Å². The molecule has 2 nitrogen and oxygen atoms in total. The van der Waals surface area contributed by atoms with Crippen molar-refractivity contribution in [2.45, 2.75) is 12.5 Å². The van der Waals surface area contributed by atoms with Crippen molar-refractivity contribution in [3.05, 3.63) is 35.9 Å². The number of hydrogen-bond acceptors (Lipinski definition) is 2. The lowest BCUT2D eigenvalue weighted by atomic mass is 10.1. The highest BCUT2D eigenvalue weighted by atomic mass is 35.5. The van der Waals surface area contributed by atoms with Gasteiger partial charge in [-0.05, 0) is 17.2 Å². The van der Waals surface area contributed by atoms with Crippen LogP contribution in [-0.4, -0.2) is 10.3 Å². The van der Waals surface area contributed by atoms with E-state index < -0.39 is 11.3 Å². The van der Waals surface area contributed by atoms with Gasteiger partial charge in [0.2, 0.25) is 5.24 Å². The minimum Gasteiger partial charge on any atom is -0.388 e. The SMILES string of the molecule is O=C(Cl)CC(O)c1ccccc1. The summed E-state index contributed by atoms with van der Waals surface area (Å²) in [4.78, 5) is 10.4. The van der Waals surface area contributed by atoms with E-state index in [2.05, 4.69) is 0 Å². The second-order valence-corrected chi connectivity index (χ2v) is 2.91. The molecule has 1 aromatic rings. The maximum absolute atomic E-state index is 10.4. The van der Waals surface area contributed by atoms with Crippen LogP contribution in [0.15, 0.2) is 30.3 Å². The van der Waals surface area contributed by atoms with Gasteiger partial charge in [0.05, 0.1) is 12.5 Å². The molecule has 0 aliphatic carbocycles. The fourth-order valence-electron chi connectivity index (χ4n) is 0.945. The largest absolute Gasteiger partial charge is 0.388 e. The highest BCUT2D eigenvalue weighted by molar-refractivity contribution is 6.63. The molecule has 1 unspecified atom stereocenters. The molecule has 1 aromatic carbocycles. The van der Waals surface area contributed by atoms with E-state index in [1.54, 1.807) is 24.3 Å². The van der Waals surface area contributed by atoms with Crippen LogP contribution in [0.4, 0.5) is 0 Å². The summed E-state index contributed by atoms with van der Waals surface area (Å²) in [5, 5.41) is 8.86. The van der Waals surface area contributed by atoms with Crippen molar-refractivity contribution in [3.8, 4) is 0 Å². The molecule has 0 aromatic heterocycles. The summed E-state index contributed by atoms with van der Waals surface area (Å²) in [5.41, 5.74) is 0.714. The quantitative estimate of drug-likeness (QED) is 0.729. The van der Waals surface area contributed by atoms with E-state index in [4.69, 9.17) is 11.6 Å². The van der Waals surface area contributed by atoms with Crippen molar-refractivity contribution in [1.82, 2.24) is 0 Å². The van der Waals surface area contributed by atoms with Crippen molar-refractivity contribution in [1.29, 1.82) is 0 Å². The number of carbonyl (C=O) groups excluding carboxylic acids is 1. The van der Waals surface area contributed by atoms with Crippen LogP contribution in [-0.2, 0) is 4.79 Å². The molecular weight excluding hydrogens is 176 g/mol. The van der Waals surface area contributed by atoms with Gasteiger partial charge in [-0.2, -0.15) is 0 Å². The van der Waals surface area contributed by atoms with E-state index in [1.165, 1.54) is 0 Å². The molecule has 1 N–H and O–H groups in total. The van der Waals surface area contributed by atoms with Gasteiger partial charge in [0.25, 0.3) is 0 Å². The zero-order chi connectivity index (χ0) is 8.97. The predicted molar refractivity (Wildman–Crippen MR) is 46.9 cm³/mol. The molecule has 0 radical (unpaired) electrons. The Bertz CT molecular complexity index is 258. The van der Waals surface area contributed by atoms with Gasteiger partial charge in [-0.3, -0.25) is 4.79 Å². The molecule has 12 heavy (non-hydrogen) atoms. The van der Waals surface area contributed by atoms with E-state index in [0.717, 1.165) is 0 Å². The number of halogens is 1. The van der Waals surface area contributed by atoms with Crippen molar-refractivity contribution >= 4 is 16.8 Å². The molecule has 0 bridgehead atoms. The van der Waals surface area contributed by atoms with Crippen LogP contribution in [0.25, 0.3) is 0 Å². The van der Waals surface area contributed by atoms with Crippen molar-refractivity contribution in [2.75, 3.05) is 0 Å². The Morgan fingerprint density at radius 2 is 2.00 bits per heavy atom. The Hall–Kier alpha value is -0.860. The van der Waals surface area contributed by atoms with Crippen molar-refractivity contribution in [2.24, 2.45) is 0 Å². The minimum atomic E-state index is -0.781. The third kappa shape index (κ3) is 2.64. The summed E-state index contributed by atoms with van der Waals surface area (Å²) >= 11 is 5.12. The van der Waals surface area contributed by atoms with Gasteiger partial charge in [0.1, 0.15) is 0 Å². The summed E-state index contributed by atoms with van der Waals surface area (Å²) in [6.07, 6.45) is -0.817. The molecule has 3 heteroatoms. The molecule has 64 valence electrons. The van der Waals surface area contributed by atoms with Crippen LogP contribution in [0.2, 0.25) is 0 Å². The van der Waals surface area contributed by atoms with Crippen LogP contribution < -0.4 is 0 Å². The van der Waals surface area contributed by atoms with Crippen LogP contribution in [0, 0.1) is 0 Å². The second kappa shape index (κ2) is 4.24. The molecule has 0 heterocycles. The zero-order valence-electron chi connectivity index (χ0n) is 6.40. The third-order valence-electron chi connectivity index (χ3n) is 1.54. The van der Waals surface area contributed by atoms with Crippen LogP contribution in [0.3, 0.4) is 0 Å². The van der Waals surface area contributed by atoms with Crippen LogP contribution >= 0.6 is 11.6 Å². The highest BCUT2D eigenvalue weighted by Crippen LogP contribution is 2.16.